The first-order chi connectivity index (χ1) is 13.5. The molecular formula is C20H24N2O5S. The number of amides is 1. The first kappa shape index (κ1) is 20.3. The van der Waals surface area contributed by atoms with Crippen LogP contribution in [0.15, 0.2) is 48.5 Å². The van der Waals surface area contributed by atoms with Crippen molar-refractivity contribution in [2.45, 2.75) is 12.3 Å². The van der Waals surface area contributed by atoms with Gasteiger partial charge in [-0.25, -0.2) is 8.42 Å². The highest BCUT2D eigenvalue weighted by Crippen LogP contribution is 2.14. The first-order valence-electron chi connectivity index (χ1n) is 9.03. The van der Waals surface area contributed by atoms with Gasteiger partial charge >= 0.3 is 0 Å². The zero-order chi connectivity index (χ0) is 20.0. The highest BCUT2D eigenvalue weighted by molar-refractivity contribution is 7.88. The number of benzene rings is 2. The third-order valence-corrected chi connectivity index (χ3v) is 6.39. The van der Waals surface area contributed by atoms with E-state index in [-0.39, 0.29) is 11.7 Å². The van der Waals surface area contributed by atoms with E-state index in [0.29, 0.717) is 44.0 Å². The molecule has 0 aliphatic carbocycles. The summed E-state index contributed by atoms with van der Waals surface area (Å²) in [6.45, 7) is 2.01. The van der Waals surface area contributed by atoms with Crippen molar-refractivity contribution < 1.29 is 22.7 Å². The third-order valence-electron chi connectivity index (χ3n) is 4.54. The van der Waals surface area contributed by atoms with Crippen LogP contribution in [0, 0.1) is 0 Å². The van der Waals surface area contributed by atoms with Crippen molar-refractivity contribution in [3.8, 4) is 5.75 Å². The van der Waals surface area contributed by atoms with Crippen LogP contribution in [0.25, 0.3) is 0 Å². The molecule has 1 fully saturated rings. The standard InChI is InChI=1S/C20H24N2O5S/c1-26-19-8-4-16(5-9-19)14-21-20(23)18-6-2-17(3-7-18)15-28(24,25)22-10-12-27-13-11-22/h2-9H,10-15H2,1H3,(H,21,23). The molecule has 1 aliphatic rings. The Morgan fingerprint density at radius 3 is 2.25 bits per heavy atom. The lowest BCUT2D eigenvalue weighted by atomic mass is 10.1. The zero-order valence-electron chi connectivity index (χ0n) is 15.8. The summed E-state index contributed by atoms with van der Waals surface area (Å²) in [6, 6.07) is 14.1. The molecule has 0 aromatic heterocycles. The molecule has 8 heteroatoms. The maximum absolute atomic E-state index is 12.5. The van der Waals surface area contributed by atoms with E-state index < -0.39 is 10.0 Å². The largest absolute Gasteiger partial charge is 0.497 e. The minimum Gasteiger partial charge on any atom is -0.497 e. The quantitative estimate of drug-likeness (QED) is 0.761. The van der Waals surface area contributed by atoms with E-state index in [1.54, 1.807) is 31.4 Å². The predicted molar refractivity (Wildman–Crippen MR) is 106 cm³/mol. The highest BCUT2D eigenvalue weighted by Gasteiger charge is 2.24. The van der Waals surface area contributed by atoms with Crippen LogP contribution < -0.4 is 10.1 Å². The number of hydrogen-bond donors (Lipinski definition) is 1. The van der Waals surface area contributed by atoms with Gasteiger partial charge in [0.05, 0.1) is 26.1 Å². The maximum atomic E-state index is 12.5. The number of sulfonamides is 1. The summed E-state index contributed by atoms with van der Waals surface area (Å²) in [7, 11) is -1.78. The van der Waals surface area contributed by atoms with Gasteiger partial charge in [-0.05, 0) is 35.4 Å². The molecule has 0 bridgehead atoms. The summed E-state index contributed by atoms with van der Waals surface area (Å²) >= 11 is 0. The van der Waals surface area contributed by atoms with E-state index >= 15 is 0 Å². The molecule has 0 spiro atoms. The molecule has 0 unspecified atom stereocenters. The van der Waals surface area contributed by atoms with Gasteiger partial charge in [-0.3, -0.25) is 4.79 Å². The Balaban J connectivity index is 1.56. The topological polar surface area (TPSA) is 84.9 Å². The minimum atomic E-state index is -3.38. The Morgan fingerprint density at radius 2 is 1.64 bits per heavy atom. The lowest BCUT2D eigenvalue weighted by Crippen LogP contribution is -2.41. The normalized spacial score (nSPS) is 15.2. The van der Waals surface area contributed by atoms with Crippen LogP contribution in [0.5, 0.6) is 5.75 Å². The summed E-state index contributed by atoms with van der Waals surface area (Å²) in [6.07, 6.45) is 0. The maximum Gasteiger partial charge on any atom is 0.251 e. The molecule has 1 N–H and O–H groups in total. The van der Waals surface area contributed by atoms with Gasteiger partial charge in [-0.2, -0.15) is 4.31 Å². The number of hydrogen-bond acceptors (Lipinski definition) is 5. The SMILES string of the molecule is COc1ccc(CNC(=O)c2ccc(CS(=O)(=O)N3CCOCC3)cc2)cc1. The molecule has 1 heterocycles. The Kier molecular flexibility index (Phi) is 6.66. The predicted octanol–water partition coefficient (Wildman–Crippen LogP) is 1.79. The molecule has 1 amide bonds. The molecule has 3 rings (SSSR count). The van der Waals surface area contributed by atoms with Gasteiger partial charge in [0.1, 0.15) is 5.75 Å². The van der Waals surface area contributed by atoms with E-state index in [2.05, 4.69) is 5.32 Å². The second kappa shape index (κ2) is 9.18. The fourth-order valence-corrected chi connectivity index (χ4v) is 4.41. The average Bonchev–Trinajstić information content (AvgIpc) is 2.73. The summed E-state index contributed by atoms with van der Waals surface area (Å²) in [5.74, 6) is 0.469. The van der Waals surface area contributed by atoms with Gasteiger partial charge in [0, 0.05) is 25.2 Å². The van der Waals surface area contributed by atoms with Gasteiger partial charge in [0.25, 0.3) is 5.91 Å². The number of nitrogens with one attached hydrogen (secondary N) is 1. The molecule has 7 nitrogen and oxygen atoms in total. The van der Waals surface area contributed by atoms with Gasteiger partial charge in [0.2, 0.25) is 10.0 Å². The zero-order valence-corrected chi connectivity index (χ0v) is 16.6. The summed E-state index contributed by atoms with van der Waals surface area (Å²) in [4.78, 5) is 12.3. The Hall–Kier alpha value is -2.42. The van der Waals surface area contributed by atoms with E-state index in [9.17, 15) is 13.2 Å². The van der Waals surface area contributed by atoms with Crippen LogP contribution in [0.4, 0.5) is 0 Å². The van der Waals surface area contributed by atoms with E-state index in [1.807, 2.05) is 24.3 Å². The third kappa shape index (κ3) is 5.31. The van der Waals surface area contributed by atoms with E-state index in [4.69, 9.17) is 9.47 Å². The fraction of sp³-hybridized carbons (Fsp3) is 0.350. The van der Waals surface area contributed by atoms with Crippen molar-refractivity contribution in [1.29, 1.82) is 0 Å². The van der Waals surface area contributed by atoms with Crippen LogP contribution >= 0.6 is 0 Å². The fourth-order valence-electron chi connectivity index (χ4n) is 2.91. The molecule has 2 aromatic carbocycles. The second-order valence-electron chi connectivity index (χ2n) is 6.50. The highest BCUT2D eigenvalue weighted by atomic mass is 32.2. The summed E-state index contributed by atoms with van der Waals surface area (Å²) in [5, 5.41) is 2.85. The van der Waals surface area contributed by atoms with Gasteiger partial charge < -0.3 is 14.8 Å². The molecular weight excluding hydrogens is 380 g/mol. The van der Waals surface area contributed by atoms with Crippen LogP contribution in [-0.4, -0.2) is 52.0 Å². The van der Waals surface area contributed by atoms with E-state index in [0.717, 1.165) is 11.3 Å². The number of morpholine rings is 1. The number of carbonyl (C=O) groups is 1. The second-order valence-corrected chi connectivity index (χ2v) is 8.46. The van der Waals surface area contributed by atoms with Gasteiger partial charge in [0.15, 0.2) is 0 Å². The number of ether oxygens (including phenoxy) is 2. The molecule has 0 saturated carbocycles. The van der Waals surface area contributed by atoms with Crippen molar-refractivity contribution >= 4 is 15.9 Å². The summed E-state index contributed by atoms with van der Waals surface area (Å²) in [5.41, 5.74) is 2.10. The lowest BCUT2D eigenvalue weighted by molar-refractivity contribution is 0.0729. The Bertz CT molecular complexity index is 889. The van der Waals surface area contributed by atoms with Crippen LogP contribution in [0.1, 0.15) is 21.5 Å². The molecule has 0 radical (unpaired) electrons. The Morgan fingerprint density at radius 1 is 1.04 bits per heavy atom. The first-order valence-corrected chi connectivity index (χ1v) is 10.6. The van der Waals surface area contributed by atoms with Gasteiger partial charge in [-0.1, -0.05) is 24.3 Å². The van der Waals surface area contributed by atoms with Gasteiger partial charge in [-0.15, -0.1) is 0 Å². The van der Waals surface area contributed by atoms with Crippen molar-refractivity contribution in [2.75, 3.05) is 33.4 Å². The van der Waals surface area contributed by atoms with Crippen LogP contribution in [0.3, 0.4) is 0 Å². The smallest absolute Gasteiger partial charge is 0.251 e. The molecule has 0 atom stereocenters. The Labute approximate surface area is 165 Å². The number of rotatable bonds is 7. The molecule has 2 aromatic rings. The van der Waals surface area contributed by atoms with Crippen molar-refractivity contribution in [1.82, 2.24) is 9.62 Å². The molecule has 28 heavy (non-hydrogen) atoms. The van der Waals surface area contributed by atoms with Crippen LogP contribution in [-0.2, 0) is 27.1 Å². The summed E-state index contributed by atoms with van der Waals surface area (Å²) < 4.78 is 36.7. The number of methoxy groups -OCH3 is 1. The monoisotopic (exact) mass is 404 g/mol. The van der Waals surface area contributed by atoms with Crippen molar-refractivity contribution in [2.24, 2.45) is 0 Å². The molecule has 1 aliphatic heterocycles. The lowest BCUT2D eigenvalue weighted by Gasteiger charge is -2.26. The molecule has 150 valence electrons. The number of nitrogens with zero attached hydrogens (tertiary/aromatic N) is 1. The van der Waals surface area contributed by atoms with Crippen molar-refractivity contribution in [3.63, 3.8) is 0 Å². The van der Waals surface area contributed by atoms with E-state index in [1.165, 1.54) is 4.31 Å². The minimum absolute atomic E-state index is 0.0826. The number of carbonyl (C=O) groups excluding carboxylic acids is 1. The van der Waals surface area contributed by atoms with Crippen LogP contribution in [0.2, 0.25) is 0 Å². The van der Waals surface area contributed by atoms with Crippen molar-refractivity contribution in [3.05, 3.63) is 65.2 Å². The molecule has 1 saturated heterocycles. The average molecular weight is 404 g/mol.